The zero-order valence-electron chi connectivity index (χ0n) is 18.6. The Bertz CT molecular complexity index is 1390. The first kappa shape index (κ1) is 24.2. The van der Waals surface area contributed by atoms with E-state index in [4.69, 9.17) is 11.6 Å². The van der Waals surface area contributed by atoms with Crippen molar-refractivity contribution < 1.29 is 13.2 Å². The maximum absolute atomic E-state index is 13.7. The fraction of sp³-hybridized carbons (Fsp3) is 0.167. The average molecular weight is 515 g/mol. The lowest BCUT2D eigenvalue weighted by atomic mass is 10.1. The molecule has 0 aliphatic carbocycles. The Kier molecular flexibility index (Phi) is 7.18. The van der Waals surface area contributed by atoms with Crippen molar-refractivity contribution in [3.05, 3.63) is 83.4 Å². The highest BCUT2D eigenvalue weighted by atomic mass is 35.5. The summed E-state index contributed by atoms with van der Waals surface area (Å²) >= 11 is 7.31. The molecule has 0 spiro atoms. The molecule has 1 heterocycles. The molecule has 0 aliphatic heterocycles. The van der Waals surface area contributed by atoms with Gasteiger partial charge in [-0.3, -0.25) is 14.4 Å². The van der Waals surface area contributed by atoms with E-state index >= 15 is 0 Å². The highest BCUT2D eigenvalue weighted by Crippen LogP contribution is 2.31. The molecule has 34 heavy (non-hydrogen) atoms. The van der Waals surface area contributed by atoms with E-state index in [0.29, 0.717) is 23.2 Å². The van der Waals surface area contributed by atoms with Crippen molar-refractivity contribution in [2.75, 3.05) is 36.8 Å². The average Bonchev–Trinajstić information content (AvgIpc) is 3.23. The zero-order valence-corrected chi connectivity index (χ0v) is 21.0. The van der Waals surface area contributed by atoms with E-state index in [1.807, 2.05) is 43.3 Å². The zero-order chi connectivity index (χ0) is 24.3. The molecule has 0 unspecified atom stereocenters. The number of benzene rings is 3. The third-order valence-electron chi connectivity index (χ3n) is 5.06. The van der Waals surface area contributed by atoms with Crippen LogP contribution in [-0.2, 0) is 10.0 Å². The Balaban J connectivity index is 1.70. The lowest BCUT2D eigenvalue weighted by Gasteiger charge is -2.23. The number of halogens is 1. The van der Waals surface area contributed by atoms with Gasteiger partial charge in [0.05, 0.1) is 26.4 Å². The first-order valence-corrected chi connectivity index (χ1v) is 13.1. The third kappa shape index (κ3) is 5.39. The molecule has 10 heteroatoms. The summed E-state index contributed by atoms with van der Waals surface area (Å²) in [5, 5.41) is 0.991. The fourth-order valence-electron chi connectivity index (χ4n) is 3.28. The number of aromatic nitrogens is 1. The Hall–Kier alpha value is -2.98. The smallest absolute Gasteiger partial charge is 0.262 e. The number of sulfonamides is 1. The van der Waals surface area contributed by atoms with Gasteiger partial charge in [-0.05, 0) is 62.6 Å². The number of nitrogens with zero attached hydrogens (tertiary/aromatic N) is 3. The maximum Gasteiger partial charge on any atom is 0.262 e. The highest BCUT2D eigenvalue weighted by Gasteiger charge is 2.25. The molecule has 0 radical (unpaired) electrons. The van der Waals surface area contributed by atoms with Gasteiger partial charge in [0.25, 0.3) is 15.9 Å². The number of hydrogen-bond donors (Lipinski definition) is 1. The second kappa shape index (κ2) is 10.1. The van der Waals surface area contributed by atoms with Gasteiger partial charge in [-0.2, -0.15) is 0 Å². The number of carbonyl (C=O) groups is 1. The Morgan fingerprint density at radius 1 is 0.971 bits per heavy atom. The van der Waals surface area contributed by atoms with E-state index in [1.54, 1.807) is 29.2 Å². The van der Waals surface area contributed by atoms with E-state index in [0.717, 1.165) is 10.2 Å². The van der Waals surface area contributed by atoms with Gasteiger partial charge in [0.2, 0.25) is 0 Å². The number of anilines is 2. The van der Waals surface area contributed by atoms with Crippen LogP contribution >= 0.6 is 22.9 Å². The lowest BCUT2D eigenvalue weighted by Crippen LogP contribution is -2.37. The van der Waals surface area contributed by atoms with Crippen molar-refractivity contribution in [1.82, 2.24) is 9.88 Å². The van der Waals surface area contributed by atoms with Crippen molar-refractivity contribution in [2.24, 2.45) is 0 Å². The van der Waals surface area contributed by atoms with Gasteiger partial charge in [0.15, 0.2) is 5.13 Å². The Labute approximate surface area is 207 Å². The van der Waals surface area contributed by atoms with E-state index in [9.17, 15) is 13.2 Å². The van der Waals surface area contributed by atoms with Crippen LogP contribution in [0.25, 0.3) is 10.2 Å². The molecular weight excluding hydrogens is 492 g/mol. The van der Waals surface area contributed by atoms with Crippen molar-refractivity contribution in [3.8, 4) is 0 Å². The monoisotopic (exact) mass is 514 g/mol. The normalized spacial score (nSPS) is 11.6. The number of nitrogens with one attached hydrogen (secondary N) is 1. The van der Waals surface area contributed by atoms with Crippen LogP contribution in [0.1, 0.15) is 10.4 Å². The van der Waals surface area contributed by atoms with Crippen LogP contribution in [0.5, 0.6) is 0 Å². The molecule has 0 atom stereocenters. The van der Waals surface area contributed by atoms with Gasteiger partial charge < -0.3 is 4.90 Å². The second-order valence-corrected chi connectivity index (χ2v) is 11.0. The molecular formula is C24H23ClN4O3S2. The number of likely N-dealkylation sites (N-methyl/N-ethyl adjacent to an activating group) is 1. The van der Waals surface area contributed by atoms with Gasteiger partial charge in [-0.25, -0.2) is 13.4 Å². The van der Waals surface area contributed by atoms with Gasteiger partial charge in [-0.15, -0.1) is 0 Å². The topological polar surface area (TPSA) is 82.6 Å². The van der Waals surface area contributed by atoms with Crippen LogP contribution in [0.2, 0.25) is 5.02 Å². The predicted molar refractivity (Wildman–Crippen MR) is 139 cm³/mol. The van der Waals surface area contributed by atoms with Crippen LogP contribution < -0.4 is 9.62 Å². The molecule has 3 aromatic carbocycles. The molecule has 1 aromatic heterocycles. The van der Waals surface area contributed by atoms with E-state index in [2.05, 4.69) is 9.71 Å². The molecule has 4 rings (SSSR count). The van der Waals surface area contributed by atoms with Crippen molar-refractivity contribution >= 4 is 59.9 Å². The summed E-state index contributed by atoms with van der Waals surface area (Å²) < 4.78 is 29.5. The Morgan fingerprint density at radius 3 is 2.35 bits per heavy atom. The van der Waals surface area contributed by atoms with Gasteiger partial charge in [0, 0.05) is 18.1 Å². The quantitative estimate of drug-likeness (QED) is 0.359. The Morgan fingerprint density at radius 2 is 1.65 bits per heavy atom. The van der Waals surface area contributed by atoms with Crippen LogP contribution in [0, 0.1) is 0 Å². The molecule has 1 amide bonds. The number of fused-ring (bicyclic) bond motifs is 1. The lowest BCUT2D eigenvalue weighted by molar-refractivity contribution is 0.0986. The van der Waals surface area contributed by atoms with E-state index in [-0.39, 0.29) is 22.1 Å². The van der Waals surface area contributed by atoms with Gasteiger partial charge in [-0.1, -0.05) is 47.2 Å². The summed E-state index contributed by atoms with van der Waals surface area (Å²) in [6.07, 6.45) is 0. The van der Waals surface area contributed by atoms with Gasteiger partial charge >= 0.3 is 0 Å². The van der Waals surface area contributed by atoms with Gasteiger partial charge in [0.1, 0.15) is 0 Å². The third-order valence-corrected chi connectivity index (χ3v) is 7.75. The molecule has 4 aromatic rings. The first-order chi connectivity index (χ1) is 16.2. The summed E-state index contributed by atoms with van der Waals surface area (Å²) in [6, 6.07) is 20.1. The number of amides is 1. The molecule has 1 N–H and O–H groups in total. The maximum atomic E-state index is 13.7. The molecule has 0 fully saturated rings. The molecule has 7 nitrogen and oxygen atoms in total. The van der Waals surface area contributed by atoms with Crippen LogP contribution in [0.15, 0.2) is 77.7 Å². The number of thiazole rings is 1. The van der Waals surface area contributed by atoms with Crippen LogP contribution in [-0.4, -0.2) is 51.4 Å². The standard InChI is InChI=1S/C24H23ClN4O3S2/c1-28(2)15-16-29(24-26-21-9-5-6-10-22(21)33-24)23(30)19-7-3-4-8-20(19)27-34(31,32)18-13-11-17(25)12-14-18/h3-14,27H,15-16H2,1-2H3. The summed E-state index contributed by atoms with van der Waals surface area (Å²) in [6.45, 7) is 1.00. The molecule has 0 saturated heterocycles. The minimum Gasteiger partial charge on any atom is -0.308 e. The number of para-hydroxylation sites is 2. The predicted octanol–water partition coefficient (Wildman–Crippen LogP) is 4.96. The van der Waals surface area contributed by atoms with E-state index in [1.165, 1.54) is 35.6 Å². The molecule has 0 aliphatic rings. The first-order valence-electron chi connectivity index (χ1n) is 10.4. The molecule has 176 valence electrons. The summed E-state index contributed by atoms with van der Waals surface area (Å²) in [5.74, 6) is -0.338. The van der Waals surface area contributed by atoms with Crippen LogP contribution in [0.3, 0.4) is 0 Å². The number of rotatable bonds is 8. The van der Waals surface area contributed by atoms with Crippen LogP contribution in [0.4, 0.5) is 10.8 Å². The minimum atomic E-state index is -3.92. The molecule has 0 saturated carbocycles. The van der Waals surface area contributed by atoms with Crippen molar-refractivity contribution in [2.45, 2.75) is 4.90 Å². The number of hydrogen-bond acceptors (Lipinski definition) is 6. The summed E-state index contributed by atoms with van der Waals surface area (Å²) in [7, 11) is -0.0717. The minimum absolute atomic E-state index is 0.0507. The van der Waals surface area contributed by atoms with Crippen molar-refractivity contribution in [1.29, 1.82) is 0 Å². The van der Waals surface area contributed by atoms with Crippen molar-refractivity contribution in [3.63, 3.8) is 0 Å². The number of carbonyl (C=O) groups excluding carboxylic acids is 1. The summed E-state index contributed by atoms with van der Waals surface area (Å²) in [4.78, 5) is 22.0. The second-order valence-electron chi connectivity index (χ2n) is 7.83. The summed E-state index contributed by atoms with van der Waals surface area (Å²) in [5.41, 5.74) is 1.23. The van der Waals surface area contributed by atoms with E-state index < -0.39 is 10.0 Å². The largest absolute Gasteiger partial charge is 0.308 e. The fourth-order valence-corrected chi connectivity index (χ4v) is 5.48. The molecule has 0 bridgehead atoms. The highest BCUT2D eigenvalue weighted by molar-refractivity contribution is 7.92. The SMILES string of the molecule is CN(C)CCN(C(=O)c1ccccc1NS(=O)(=O)c1ccc(Cl)cc1)c1nc2ccccc2s1.